The molecule has 0 fully saturated rings. The lowest BCUT2D eigenvalue weighted by Gasteiger charge is -2.09. The number of benzene rings is 2. The molecule has 0 aliphatic carbocycles. The van der Waals surface area contributed by atoms with Crippen molar-refractivity contribution < 1.29 is 0 Å². The Bertz CT molecular complexity index is 822. The lowest BCUT2D eigenvalue weighted by molar-refractivity contribution is 1.61. The minimum Gasteiger partial charge on any atom is -0.0895 e. The van der Waals surface area contributed by atoms with Crippen molar-refractivity contribution in [3.8, 4) is 0 Å². The fourth-order valence-corrected chi connectivity index (χ4v) is 6.38. The summed E-state index contributed by atoms with van der Waals surface area (Å²) >= 11 is 7.19. The molecule has 2 heterocycles. The first kappa shape index (κ1) is 17.9. The number of thioether (sulfide) groups is 4. The van der Waals surface area contributed by atoms with Crippen LogP contribution in [0, 0.1) is 0 Å². The number of rotatable bonds is 4. The molecule has 0 N–H and O–H groups in total. The first-order chi connectivity index (χ1) is 12.9. The smallest absolute Gasteiger partial charge is 0.0565 e. The largest absolute Gasteiger partial charge is 0.0895 e. The van der Waals surface area contributed by atoms with E-state index in [4.69, 9.17) is 0 Å². The van der Waals surface area contributed by atoms with Crippen LogP contribution in [0.25, 0.3) is 11.1 Å². The standard InChI is InChI=1S/C22H16S4/c1-3-7-17(8-4-1)19(21-23-13-14-24-21)11-12-20(22-25-15-16-26-22)18-9-5-2-6-10-18/h1-16H. The summed E-state index contributed by atoms with van der Waals surface area (Å²) in [6.45, 7) is 0. The summed E-state index contributed by atoms with van der Waals surface area (Å²) in [4.78, 5) is 0. The first-order valence-corrected chi connectivity index (χ1v) is 11.7. The molecule has 0 saturated carbocycles. The lowest BCUT2D eigenvalue weighted by atomic mass is 10.0. The molecule has 0 spiro atoms. The molecule has 0 bridgehead atoms. The molecule has 0 unspecified atom stereocenters. The van der Waals surface area contributed by atoms with Gasteiger partial charge in [-0.05, 0) is 32.8 Å². The highest BCUT2D eigenvalue weighted by molar-refractivity contribution is 8.28. The van der Waals surface area contributed by atoms with Crippen LogP contribution in [-0.2, 0) is 0 Å². The summed E-state index contributed by atoms with van der Waals surface area (Å²) in [6, 6.07) is 21.3. The van der Waals surface area contributed by atoms with Crippen molar-refractivity contribution in [1.82, 2.24) is 0 Å². The molecule has 0 radical (unpaired) electrons. The van der Waals surface area contributed by atoms with Crippen LogP contribution in [0.15, 0.2) is 103 Å². The molecule has 26 heavy (non-hydrogen) atoms. The molecule has 0 nitrogen and oxygen atoms in total. The van der Waals surface area contributed by atoms with Gasteiger partial charge in [-0.2, -0.15) is 0 Å². The van der Waals surface area contributed by atoms with Crippen LogP contribution in [0.2, 0.25) is 0 Å². The van der Waals surface area contributed by atoms with Gasteiger partial charge in [0, 0.05) is 11.1 Å². The number of hydrogen-bond acceptors (Lipinski definition) is 4. The van der Waals surface area contributed by atoms with Crippen LogP contribution < -0.4 is 0 Å². The Balaban J connectivity index is 1.75. The van der Waals surface area contributed by atoms with Crippen LogP contribution in [0.1, 0.15) is 11.1 Å². The third-order valence-corrected chi connectivity index (χ3v) is 8.16. The zero-order chi connectivity index (χ0) is 17.6. The molecular weight excluding hydrogens is 393 g/mol. The molecule has 0 amide bonds. The van der Waals surface area contributed by atoms with Gasteiger partial charge in [-0.25, -0.2) is 0 Å². The zero-order valence-corrected chi connectivity index (χ0v) is 17.1. The van der Waals surface area contributed by atoms with E-state index in [1.807, 2.05) is 0 Å². The molecule has 0 atom stereocenters. The zero-order valence-electron chi connectivity index (χ0n) is 13.9. The van der Waals surface area contributed by atoms with Crippen molar-refractivity contribution >= 4 is 58.2 Å². The lowest BCUT2D eigenvalue weighted by Crippen LogP contribution is -1.86. The van der Waals surface area contributed by atoms with Gasteiger partial charge in [0.15, 0.2) is 0 Å². The van der Waals surface area contributed by atoms with Gasteiger partial charge in [0.05, 0.1) is 8.47 Å². The van der Waals surface area contributed by atoms with E-state index < -0.39 is 0 Å². The summed E-state index contributed by atoms with van der Waals surface area (Å²) in [5.41, 5.74) is 5.07. The maximum atomic E-state index is 2.27. The van der Waals surface area contributed by atoms with Gasteiger partial charge in [0.2, 0.25) is 0 Å². The summed E-state index contributed by atoms with van der Waals surface area (Å²) < 4.78 is 2.66. The van der Waals surface area contributed by atoms with Gasteiger partial charge in [-0.15, -0.1) is 0 Å². The van der Waals surface area contributed by atoms with Crippen LogP contribution in [-0.4, -0.2) is 0 Å². The van der Waals surface area contributed by atoms with Gasteiger partial charge >= 0.3 is 0 Å². The molecule has 128 valence electrons. The maximum absolute atomic E-state index is 2.27. The fourth-order valence-electron chi connectivity index (χ4n) is 2.63. The summed E-state index contributed by atoms with van der Waals surface area (Å²) in [5, 5.41) is 8.61. The van der Waals surface area contributed by atoms with E-state index in [1.165, 1.54) is 30.7 Å². The quantitative estimate of drug-likeness (QED) is 0.500. The number of hydrogen-bond donors (Lipinski definition) is 0. The molecule has 4 rings (SSSR count). The van der Waals surface area contributed by atoms with Crippen molar-refractivity contribution in [3.05, 3.63) is 114 Å². The number of allylic oxidation sites excluding steroid dienone is 4. The highest BCUT2D eigenvalue weighted by Gasteiger charge is 2.13. The third kappa shape index (κ3) is 4.26. The Morgan fingerprint density at radius 2 is 0.846 bits per heavy atom. The molecule has 2 aromatic rings. The van der Waals surface area contributed by atoms with E-state index in [9.17, 15) is 0 Å². The van der Waals surface area contributed by atoms with Crippen molar-refractivity contribution in [1.29, 1.82) is 0 Å². The Morgan fingerprint density at radius 3 is 1.19 bits per heavy atom. The van der Waals surface area contributed by atoms with Crippen molar-refractivity contribution in [3.63, 3.8) is 0 Å². The monoisotopic (exact) mass is 408 g/mol. The van der Waals surface area contributed by atoms with E-state index in [-0.39, 0.29) is 0 Å². The molecule has 4 heteroatoms. The van der Waals surface area contributed by atoms with Crippen LogP contribution in [0.5, 0.6) is 0 Å². The summed E-state index contributed by atoms with van der Waals surface area (Å²) in [6.07, 6.45) is 4.54. The second-order valence-electron chi connectivity index (χ2n) is 5.48. The molecule has 0 saturated heterocycles. The van der Waals surface area contributed by atoms with Gasteiger partial charge in [0.1, 0.15) is 0 Å². The second-order valence-corrected chi connectivity index (χ2v) is 9.66. The molecule has 2 aliphatic rings. The predicted molar refractivity (Wildman–Crippen MR) is 125 cm³/mol. The Kier molecular flexibility index (Phi) is 6.18. The molecule has 2 aliphatic heterocycles. The van der Waals surface area contributed by atoms with Crippen LogP contribution in [0.4, 0.5) is 0 Å². The molecule has 2 aromatic carbocycles. The maximum Gasteiger partial charge on any atom is 0.0565 e. The van der Waals surface area contributed by atoms with Gasteiger partial charge in [-0.3, -0.25) is 0 Å². The van der Waals surface area contributed by atoms with Gasteiger partial charge in [-0.1, -0.05) is 120 Å². The Labute approximate surface area is 171 Å². The minimum absolute atomic E-state index is 1.25. The second kappa shape index (κ2) is 8.96. The minimum atomic E-state index is 1.25. The van der Waals surface area contributed by atoms with E-state index in [0.717, 1.165) is 0 Å². The van der Waals surface area contributed by atoms with E-state index >= 15 is 0 Å². The third-order valence-electron chi connectivity index (χ3n) is 3.84. The first-order valence-electron chi connectivity index (χ1n) is 8.16. The summed E-state index contributed by atoms with van der Waals surface area (Å²) in [5.74, 6) is 0. The van der Waals surface area contributed by atoms with E-state index in [1.54, 1.807) is 47.0 Å². The average Bonchev–Trinajstić information content (AvgIpc) is 3.41. The predicted octanol–water partition coefficient (Wildman–Crippen LogP) is 8.18. The SMILES string of the molecule is C1=CSC(=C(C=CC(=C2SC=CS2)c2ccccc2)c2ccccc2)S1. The van der Waals surface area contributed by atoms with Crippen molar-refractivity contribution in [2.24, 2.45) is 0 Å². The normalized spacial score (nSPS) is 16.0. The highest BCUT2D eigenvalue weighted by atomic mass is 32.2. The van der Waals surface area contributed by atoms with E-state index in [0.29, 0.717) is 0 Å². The molecular formula is C22H16S4. The van der Waals surface area contributed by atoms with Crippen LogP contribution >= 0.6 is 47.0 Å². The summed E-state index contributed by atoms with van der Waals surface area (Å²) in [7, 11) is 0. The Morgan fingerprint density at radius 1 is 0.500 bits per heavy atom. The van der Waals surface area contributed by atoms with E-state index in [2.05, 4.69) is 94.4 Å². The van der Waals surface area contributed by atoms with Crippen molar-refractivity contribution in [2.45, 2.75) is 0 Å². The molecule has 0 aromatic heterocycles. The van der Waals surface area contributed by atoms with Crippen molar-refractivity contribution in [2.75, 3.05) is 0 Å². The fraction of sp³-hybridized carbons (Fsp3) is 0. The average molecular weight is 409 g/mol. The highest BCUT2D eigenvalue weighted by Crippen LogP contribution is 2.45. The van der Waals surface area contributed by atoms with Gasteiger partial charge in [0.25, 0.3) is 0 Å². The van der Waals surface area contributed by atoms with Crippen LogP contribution in [0.3, 0.4) is 0 Å². The Hall–Kier alpha value is -1.46. The van der Waals surface area contributed by atoms with Gasteiger partial charge < -0.3 is 0 Å². The topological polar surface area (TPSA) is 0 Å².